The Balaban J connectivity index is 2.19. The first-order valence-corrected chi connectivity index (χ1v) is 8.10. The monoisotopic (exact) mass is 387 g/mol. The SMILES string of the molecule is COc1cccc2c1c(/C(O)=C/C(=O)C(=O)O)cn2Cc1cc(F)ccc1F. The van der Waals surface area contributed by atoms with Crippen LogP contribution in [0.4, 0.5) is 8.78 Å². The number of fused-ring (bicyclic) bond motifs is 1. The molecule has 0 spiro atoms. The fourth-order valence-corrected chi connectivity index (χ4v) is 2.93. The predicted molar refractivity (Wildman–Crippen MR) is 97.2 cm³/mol. The molecule has 0 aliphatic carbocycles. The molecule has 6 nitrogen and oxygen atoms in total. The first kappa shape index (κ1) is 19.1. The number of rotatable bonds is 6. The average Bonchev–Trinajstić information content (AvgIpc) is 3.03. The summed E-state index contributed by atoms with van der Waals surface area (Å²) in [6.45, 7) is -0.0621. The number of nitrogens with zero attached hydrogens (tertiary/aromatic N) is 1. The Morgan fingerprint density at radius 2 is 1.93 bits per heavy atom. The van der Waals surface area contributed by atoms with E-state index in [1.54, 1.807) is 22.8 Å². The number of ether oxygens (including phenoxy) is 1. The molecule has 3 rings (SSSR count). The summed E-state index contributed by atoms with van der Waals surface area (Å²) in [5.41, 5.74) is 0.718. The second-order valence-corrected chi connectivity index (χ2v) is 5.96. The largest absolute Gasteiger partial charge is 0.507 e. The Morgan fingerprint density at radius 3 is 2.61 bits per heavy atom. The average molecular weight is 387 g/mol. The molecule has 0 radical (unpaired) electrons. The Kier molecular flexibility index (Phi) is 5.12. The van der Waals surface area contributed by atoms with Gasteiger partial charge in [-0.15, -0.1) is 0 Å². The molecule has 0 fully saturated rings. The van der Waals surface area contributed by atoms with E-state index in [9.17, 15) is 23.5 Å². The van der Waals surface area contributed by atoms with Crippen molar-refractivity contribution in [2.75, 3.05) is 7.11 Å². The molecule has 0 atom stereocenters. The highest BCUT2D eigenvalue weighted by molar-refractivity contribution is 6.38. The van der Waals surface area contributed by atoms with Crippen LogP contribution < -0.4 is 4.74 Å². The number of aliphatic carboxylic acids is 1. The zero-order valence-electron chi connectivity index (χ0n) is 14.6. The quantitative estimate of drug-likeness (QED) is 0.384. The number of hydrogen-bond donors (Lipinski definition) is 2. The lowest BCUT2D eigenvalue weighted by atomic mass is 10.1. The van der Waals surface area contributed by atoms with Crippen LogP contribution in [-0.2, 0) is 16.1 Å². The minimum Gasteiger partial charge on any atom is -0.507 e. The first-order valence-electron chi connectivity index (χ1n) is 8.10. The van der Waals surface area contributed by atoms with Crippen LogP contribution in [0.1, 0.15) is 11.1 Å². The second-order valence-electron chi connectivity index (χ2n) is 5.96. The summed E-state index contributed by atoms with van der Waals surface area (Å²) in [5.74, 6) is -4.45. The van der Waals surface area contributed by atoms with Gasteiger partial charge in [0, 0.05) is 23.4 Å². The van der Waals surface area contributed by atoms with Gasteiger partial charge < -0.3 is 19.5 Å². The zero-order chi connectivity index (χ0) is 20.4. The van der Waals surface area contributed by atoms with Crippen LogP contribution in [0.5, 0.6) is 5.75 Å². The molecule has 1 heterocycles. The Morgan fingerprint density at radius 1 is 1.18 bits per heavy atom. The van der Waals surface area contributed by atoms with Gasteiger partial charge in [0.15, 0.2) is 0 Å². The van der Waals surface area contributed by atoms with E-state index in [0.29, 0.717) is 22.7 Å². The van der Waals surface area contributed by atoms with Gasteiger partial charge in [-0.2, -0.15) is 0 Å². The van der Waals surface area contributed by atoms with E-state index in [2.05, 4.69) is 0 Å². The minimum atomic E-state index is -1.72. The number of aliphatic hydroxyl groups is 1. The number of hydrogen-bond acceptors (Lipinski definition) is 4. The fraction of sp³-hybridized carbons (Fsp3) is 0.100. The number of carboxylic acid groups (broad SMARTS) is 1. The topological polar surface area (TPSA) is 88.8 Å². The van der Waals surface area contributed by atoms with Crippen LogP contribution in [0.2, 0.25) is 0 Å². The summed E-state index contributed by atoms with van der Waals surface area (Å²) >= 11 is 0. The highest BCUT2D eigenvalue weighted by atomic mass is 19.1. The zero-order valence-corrected chi connectivity index (χ0v) is 14.6. The molecule has 0 saturated heterocycles. The summed E-state index contributed by atoms with van der Waals surface area (Å²) in [6.07, 6.45) is 2.00. The Bertz CT molecular complexity index is 1120. The molecule has 3 aromatic rings. The van der Waals surface area contributed by atoms with Crippen LogP contribution in [0, 0.1) is 11.6 Å². The lowest BCUT2D eigenvalue weighted by Gasteiger charge is -2.08. The first-order chi connectivity index (χ1) is 13.3. The van der Waals surface area contributed by atoms with E-state index in [1.165, 1.54) is 13.3 Å². The molecule has 0 saturated carbocycles. The summed E-state index contributed by atoms with van der Waals surface area (Å²) in [4.78, 5) is 22.2. The molecule has 0 unspecified atom stereocenters. The number of methoxy groups -OCH3 is 1. The number of carbonyl (C=O) groups excluding carboxylic acids is 1. The molecule has 28 heavy (non-hydrogen) atoms. The highest BCUT2D eigenvalue weighted by Gasteiger charge is 2.19. The number of ketones is 1. The van der Waals surface area contributed by atoms with Crippen molar-refractivity contribution in [2.45, 2.75) is 6.54 Å². The minimum absolute atomic E-state index is 0.0621. The molecule has 0 aliphatic heterocycles. The van der Waals surface area contributed by atoms with Crippen molar-refractivity contribution in [1.82, 2.24) is 4.57 Å². The lowest BCUT2D eigenvalue weighted by molar-refractivity contribution is -0.146. The van der Waals surface area contributed by atoms with Gasteiger partial charge in [-0.25, -0.2) is 13.6 Å². The van der Waals surface area contributed by atoms with Crippen molar-refractivity contribution < 1.29 is 33.3 Å². The van der Waals surface area contributed by atoms with E-state index < -0.39 is 29.1 Å². The van der Waals surface area contributed by atoms with Crippen molar-refractivity contribution in [3.63, 3.8) is 0 Å². The fourth-order valence-electron chi connectivity index (χ4n) is 2.93. The Hall–Kier alpha value is -3.68. The van der Waals surface area contributed by atoms with Crippen LogP contribution in [0.15, 0.2) is 48.7 Å². The third-order valence-corrected chi connectivity index (χ3v) is 4.19. The normalized spacial score (nSPS) is 11.6. The van der Waals surface area contributed by atoms with E-state index in [0.717, 1.165) is 18.2 Å². The number of aliphatic hydroxyl groups excluding tert-OH is 1. The van der Waals surface area contributed by atoms with Gasteiger partial charge in [0.05, 0.1) is 24.6 Å². The van der Waals surface area contributed by atoms with E-state index in [-0.39, 0.29) is 17.7 Å². The van der Waals surface area contributed by atoms with Gasteiger partial charge >= 0.3 is 5.97 Å². The van der Waals surface area contributed by atoms with Gasteiger partial charge in [0.25, 0.3) is 5.78 Å². The molecule has 2 aromatic carbocycles. The van der Waals surface area contributed by atoms with Gasteiger partial charge in [0.1, 0.15) is 23.1 Å². The molecule has 144 valence electrons. The molecule has 1 aromatic heterocycles. The van der Waals surface area contributed by atoms with Gasteiger partial charge in [-0.05, 0) is 30.3 Å². The van der Waals surface area contributed by atoms with Crippen LogP contribution in [-0.4, -0.2) is 33.6 Å². The molecule has 8 heteroatoms. The van der Waals surface area contributed by atoms with Crippen molar-refractivity contribution in [2.24, 2.45) is 0 Å². The van der Waals surface area contributed by atoms with Crippen molar-refractivity contribution >= 4 is 28.4 Å². The van der Waals surface area contributed by atoms with Crippen LogP contribution in [0.3, 0.4) is 0 Å². The predicted octanol–water partition coefficient (Wildman–Crippen LogP) is 3.53. The van der Waals surface area contributed by atoms with E-state index in [1.807, 2.05) is 0 Å². The maximum Gasteiger partial charge on any atom is 0.376 e. The van der Waals surface area contributed by atoms with Crippen molar-refractivity contribution in [3.05, 3.63) is 71.4 Å². The van der Waals surface area contributed by atoms with Gasteiger partial charge in [0.2, 0.25) is 0 Å². The van der Waals surface area contributed by atoms with Gasteiger partial charge in [-0.3, -0.25) is 4.79 Å². The van der Waals surface area contributed by atoms with Crippen LogP contribution in [0.25, 0.3) is 16.7 Å². The number of benzene rings is 2. The number of aromatic nitrogens is 1. The molecule has 0 bridgehead atoms. The molecular formula is C20H15F2NO5. The summed E-state index contributed by atoms with van der Waals surface area (Å²) in [6, 6.07) is 8.04. The number of carbonyl (C=O) groups is 2. The van der Waals surface area contributed by atoms with Crippen molar-refractivity contribution in [3.8, 4) is 5.75 Å². The Labute approximate surface area is 157 Å². The van der Waals surface area contributed by atoms with E-state index in [4.69, 9.17) is 9.84 Å². The standard InChI is InChI=1S/C20H15F2NO5/c1-28-18-4-2-3-15-19(18)13(16(24)8-17(25)20(26)27)10-23(15)9-11-7-12(21)5-6-14(11)22/h2-8,10,24H,9H2,1H3,(H,26,27)/b16-8-. The van der Waals surface area contributed by atoms with E-state index >= 15 is 0 Å². The molecular weight excluding hydrogens is 372 g/mol. The number of carboxylic acids is 1. The molecule has 0 aliphatic rings. The lowest BCUT2D eigenvalue weighted by Crippen LogP contribution is -2.09. The molecule has 2 N–H and O–H groups in total. The second kappa shape index (κ2) is 7.51. The maximum absolute atomic E-state index is 14.1. The number of halogens is 2. The van der Waals surface area contributed by atoms with Gasteiger partial charge in [-0.1, -0.05) is 6.07 Å². The summed E-state index contributed by atoms with van der Waals surface area (Å²) in [7, 11) is 1.41. The van der Waals surface area contributed by atoms with Crippen LogP contribution >= 0.6 is 0 Å². The summed E-state index contributed by atoms with van der Waals surface area (Å²) in [5, 5.41) is 19.4. The summed E-state index contributed by atoms with van der Waals surface area (Å²) < 4.78 is 34.4. The van der Waals surface area contributed by atoms with Crippen molar-refractivity contribution in [1.29, 1.82) is 0 Å². The smallest absolute Gasteiger partial charge is 0.376 e. The maximum atomic E-state index is 14.1. The third-order valence-electron chi connectivity index (χ3n) is 4.19. The highest BCUT2D eigenvalue weighted by Crippen LogP contribution is 2.34. The molecule has 0 amide bonds. The third kappa shape index (κ3) is 3.57.